The van der Waals surface area contributed by atoms with Gasteiger partial charge in [-0.2, -0.15) is 0 Å². The number of pyridine rings is 2. The fourth-order valence-corrected chi connectivity index (χ4v) is 14.7. The summed E-state index contributed by atoms with van der Waals surface area (Å²) in [5.41, 5.74) is 4.57. The van der Waals surface area contributed by atoms with Gasteiger partial charge in [-0.15, -0.1) is 0 Å². The van der Waals surface area contributed by atoms with Crippen LogP contribution in [0.25, 0.3) is 27.9 Å². The average molecular weight is 2140 g/mol. The number of amides is 6. The van der Waals surface area contributed by atoms with Crippen molar-refractivity contribution in [2.45, 2.75) is 253 Å². The van der Waals surface area contributed by atoms with Gasteiger partial charge >= 0.3 is 48.0 Å². The first-order chi connectivity index (χ1) is 65.3. The molecule has 4 saturated heterocycles. The van der Waals surface area contributed by atoms with Crippen molar-refractivity contribution >= 4 is 196 Å². The molecule has 2 aromatic heterocycles. The molecule has 6 heterocycles. The van der Waals surface area contributed by atoms with E-state index in [1.165, 1.54) is 75.2 Å². The van der Waals surface area contributed by atoms with Crippen molar-refractivity contribution in [3.63, 3.8) is 0 Å². The van der Waals surface area contributed by atoms with Gasteiger partial charge in [0.15, 0.2) is 17.3 Å². The van der Waals surface area contributed by atoms with Gasteiger partial charge in [0.25, 0.3) is 29.1 Å². The summed E-state index contributed by atoms with van der Waals surface area (Å²) in [6, 6.07) is 23.0. The number of aliphatic hydroxyl groups excluding tert-OH is 1. The summed E-state index contributed by atoms with van der Waals surface area (Å²) in [5.74, 6) is -7.83. The number of aryl methyl sites for hydroxylation is 2. The lowest BCUT2D eigenvalue weighted by molar-refractivity contribution is -0.385. The molecule has 4 aliphatic heterocycles. The lowest BCUT2D eigenvalue weighted by Gasteiger charge is -2.35. The molecule has 4 aromatic carbocycles. The number of nitrogens with one attached hydrogen (secondary N) is 6. The molecule has 7 N–H and O–H groups in total. The van der Waals surface area contributed by atoms with Gasteiger partial charge in [-0.05, 0) is 218 Å². The maximum absolute atomic E-state index is 14.0. The molecule has 4 fully saturated rings. The fourth-order valence-electron chi connectivity index (χ4n) is 14.0. The molecule has 6 amide bonds. The maximum atomic E-state index is 14.0. The van der Waals surface area contributed by atoms with Crippen LogP contribution >= 0.6 is 85.5 Å². The number of methoxy groups -OCH3 is 1. The highest BCUT2D eigenvalue weighted by Gasteiger charge is 2.45. The first kappa shape index (κ1) is 118. The third-order valence-corrected chi connectivity index (χ3v) is 22.4. The highest BCUT2D eigenvalue weighted by atomic mass is 79.9. The number of halogens is 7. The quantitative estimate of drug-likeness (QED) is 0.00504. The van der Waals surface area contributed by atoms with Crippen molar-refractivity contribution in [3.8, 4) is 0 Å². The molecule has 0 radical (unpaired) electrons. The highest BCUT2D eigenvalue weighted by molar-refractivity contribution is 9.10. The van der Waals surface area contributed by atoms with E-state index in [9.17, 15) is 82.9 Å². The van der Waals surface area contributed by atoms with Crippen molar-refractivity contribution < 1.29 is 115 Å². The van der Waals surface area contributed by atoms with E-state index in [0.717, 1.165) is 63.4 Å². The Morgan fingerprint density at radius 2 is 1.00 bits per heavy atom. The molecule has 0 saturated carbocycles. The number of rotatable bonds is 26. The number of carbonyl (C=O) groups is 12. The average Bonchev–Trinajstić information content (AvgIpc) is 0.802. The summed E-state index contributed by atoms with van der Waals surface area (Å²) in [6.45, 7) is 31.6. The number of aromatic nitrogens is 2. The van der Waals surface area contributed by atoms with Crippen LogP contribution in [0, 0.1) is 45.9 Å². The number of ether oxygens (including phenoxy) is 9. The molecular weight excluding hydrogens is 2020 g/mol. The zero-order chi connectivity index (χ0) is 105. The number of alkyl halides is 6. The Hall–Kier alpha value is -10.6. The van der Waals surface area contributed by atoms with E-state index in [4.69, 9.17) is 108 Å². The van der Waals surface area contributed by atoms with Crippen LogP contribution in [0.1, 0.15) is 222 Å². The van der Waals surface area contributed by atoms with Gasteiger partial charge in [0.1, 0.15) is 65.8 Å². The number of benzene rings is 4. The minimum Gasteiger partial charge on any atom is -0.467 e. The van der Waals surface area contributed by atoms with Crippen molar-refractivity contribution in [1.82, 2.24) is 52.1 Å². The molecule has 766 valence electrons. The number of nitro groups is 2. The van der Waals surface area contributed by atoms with Crippen LogP contribution in [0.5, 0.6) is 0 Å². The molecule has 4 aliphatic rings. The number of hydrogen-bond acceptors (Lipinski definition) is 30. The fraction of sp³-hybridized carbons (Fsp3) is 0.516. The molecule has 10 rings (SSSR count). The van der Waals surface area contributed by atoms with Crippen molar-refractivity contribution in [3.05, 3.63) is 180 Å². The van der Waals surface area contributed by atoms with Gasteiger partial charge in [-0.3, -0.25) is 69.0 Å². The number of nitro benzene ring substituents is 2. The van der Waals surface area contributed by atoms with E-state index >= 15 is 0 Å². The molecule has 0 bridgehead atoms. The number of nitrogens with zero attached hydrogens (tertiary/aromatic N) is 6. The summed E-state index contributed by atoms with van der Waals surface area (Å²) in [7, 11) is 1.37. The second-order valence-corrected chi connectivity index (χ2v) is 41.8. The Morgan fingerprint density at radius 1 is 0.579 bits per heavy atom. The van der Waals surface area contributed by atoms with Gasteiger partial charge in [0.05, 0.1) is 51.5 Å². The first-order valence-corrected chi connectivity index (χ1v) is 47.9. The number of aliphatic hydroxyl groups is 1. The van der Waals surface area contributed by atoms with Crippen LogP contribution in [0.15, 0.2) is 120 Å². The van der Waals surface area contributed by atoms with E-state index in [-0.39, 0.29) is 46.7 Å². The summed E-state index contributed by atoms with van der Waals surface area (Å²) in [4.78, 5) is 180. The number of esters is 6. The van der Waals surface area contributed by atoms with Crippen LogP contribution < -0.4 is 32.1 Å². The zero-order valence-corrected chi connectivity index (χ0v) is 86.9. The lowest BCUT2D eigenvalue weighted by Crippen LogP contribution is -2.60. The van der Waals surface area contributed by atoms with E-state index in [1.54, 1.807) is 60.6 Å². The molecule has 0 spiro atoms. The van der Waals surface area contributed by atoms with Gasteiger partial charge in [0.2, 0.25) is 13.5 Å². The monoisotopic (exact) mass is 2130 g/mol. The summed E-state index contributed by atoms with van der Waals surface area (Å²) < 4.78 is 44.8. The predicted octanol–water partition coefficient (Wildman–Crippen LogP) is 16.2. The number of hydrogen-bond donors (Lipinski definition) is 7. The molecule has 2 unspecified atom stereocenters. The molecule has 140 heavy (non-hydrogen) atoms. The largest absolute Gasteiger partial charge is 0.467 e. The second-order valence-electron chi connectivity index (χ2n) is 35.8. The van der Waals surface area contributed by atoms with Crippen molar-refractivity contribution in [2.24, 2.45) is 11.8 Å². The Bertz CT molecular complexity index is 5370. The number of fused-ring (bicyclic) bond motifs is 2. The normalized spacial score (nSPS) is 18.4. The SMILES string of the molecule is C=CC1(C(=O)OC)CCCCO1.CC(C)[C@H](O)C(=O)N[C@@H](C)C(=O)N1CCC[C@@H](C(=O)OCC(Cl)(Cl)Cl)N1.CC(C)[C@H](OC(=O)C1(/C=C/c2ccc3ccc([C@@H](C)NC(=O)OC(C)(C)C)nc3c2)CCCCO1)C(=O)N[C@@H](C)C(=O)N1CCC[C@@H](C(=O)OCC(Cl)(Cl)Cl)N1.C[C@@H](NC(=O)OC(C)(C)C)c1ccc2ccc(Br)cc2n1.Cc1cccc([N+](=O)[O-])c1C(=O)OC(=O)c1c(C)cccc1[N+](=O)[O-]. The molecule has 10 atom stereocenters. The molecule has 38 nitrogen and oxygen atoms in total. The second kappa shape index (κ2) is 53.5. The van der Waals surface area contributed by atoms with Crippen LogP contribution in [-0.4, -0.2) is 220 Å². The topological polar surface area (TPSA) is 499 Å². The lowest BCUT2D eigenvalue weighted by atomic mass is 9.92. The van der Waals surface area contributed by atoms with Gasteiger partial charge < -0.3 is 69.0 Å². The Kier molecular flexibility index (Phi) is 45.2. The number of alkyl carbamates (subject to hydrolysis) is 2. The summed E-state index contributed by atoms with van der Waals surface area (Å²) in [6.07, 6.45) is 7.87. The molecule has 0 aliphatic carbocycles. The van der Waals surface area contributed by atoms with Gasteiger partial charge in [0, 0.05) is 53.7 Å². The highest BCUT2D eigenvalue weighted by Crippen LogP contribution is 2.35. The molecule has 45 heteroatoms. The minimum absolute atomic E-state index is 0.219. The van der Waals surface area contributed by atoms with Crippen molar-refractivity contribution in [1.29, 1.82) is 0 Å². The standard InChI is InChI=1S/C39H52Cl3N5O9.C16H19BrN2O2.C16H12N2O7.C15H24Cl3N3O5.C9H14O3/c1-23(2)31(32(48)43-25(4)33(49)47-19-10-11-29(46-47)34(50)53-22-39(40,41)42)55-35(51)38(17-8-9-20-54-38)18-16-26-12-13-27-14-15-28(45-30(27)21-26)24(3)44-36(52)56-37(5,6)7;1-10(18-15(20)21-16(2,3)4)13-8-6-11-5-7-12(17)9-14(11)19-13;1-9-5-3-7-11(17(21)22)13(9)15(19)25-16(20)14-10(2)6-4-8-12(14)18(23)24;1-8(2)11(22)12(23)19-9(3)13(24)21-6-4-5-10(20-21)14(25)26-7-15(16,17)18;1-3-9(8(10)11-2)6-4-5-7-12-9/h12-16,18,21,23-25,29,31,46H,8-11,17,19-20,22H2,1-7H3,(H,43,48)(H,44,52);5-10H,1-4H3,(H,18,20);3-8H,1-2H3;8-11,20,22H,4-7H2,1-3H3,(H,19,23);3H,1,4-7H2,2H3/b18-16+;;;;/t24-,25+,29+,31+,38?;10-;;9-,10-,11-;/m11.0./s1. The molecular formula is C95H121BrCl6N12O26. The van der Waals surface area contributed by atoms with Gasteiger partial charge in [-0.25, -0.2) is 39.6 Å². The molecule has 6 aromatic rings. The first-order valence-electron chi connectivity index (χ1n) is 44.8. The van der Waals surface area contributed by atoms with E-state index in [1.807, 2.05) is 95.3 Å². The van der Waals surface area contributed by atoms with Crippen LogP contribution in [0.3, 0.4) is 0 Å². The zero-order valence-electron chi connectivity index (χ0n) is 80.7. The summed E-state index contributed by atoms with van der Waals surface area (Å²) in [5, 5.41) is 47.0. The van der Waals surface area contributed by atoms with Crippen LogP contribution in [0.2, 0.25) is 0 Å². The van der Waals surface area contributed by atoms with Crippen LogP contribution in [0.4, 0.5) is 21.0 Å². The summed E-state index contributed by atoms with van der Waals surface area (Å²) >= 11 is 37.1. The Balaban J connectivity index is 0.000000297. The van der Waals surface area contributed by atoms with Gasteiger partial charge in [-0.1, -0.05) is 180 Å². The smallest absolute Gasteiger partial charge is 0.408 e. The Labute approximate surface area is 849 Å². The van der Waals surface area contributed by atoms with E-state index < -0.39 is 178 Å². The van der Waals surface area contributed by atoms with Crippen LogP contribution in [-0.2, 0) is 81.0 Å². The predicted molar refractivity (Wildman–Crippen MR) is 527 cm³/mol. The number of carbonyl (C=O) groups excluding carboxylic acids is 12. The third-order valence-electron chi connectivity index (χ3n) is 21.3. The Morgan fingerprint density at radius 3 is 1.39 bits per heavy atom. The number of hydrazine groups is 2. The van der Waals surface area contributed by atoms with E-state index in [0.29, 0.717) is 75.9 Å². The van der Waals surface area contributed by atoms with E-state index in [2.05, 4.69) is 69.1 Å². The third kappa shape index (κ3) is 37.1. The van der Waals surface area contributed by atoms with Crippen molar-refractivity contribution in [2.75, 3.05) is 46.6 Å². The minimum atomic E-state index is -1.78. The maximum Gasteiger partial charge on any atom is 0.408 e.